The number of hydrogen-bond acceptors (Lipinski definition) is 6. The summed E-state index contributed by atoms with van der Waals surface area (Å²) >= 11 is 1.36. The lowest BCUT2D eigenvalue weighted by Crippen LogP contribution is -2.50. The Morgan fingerprint density at radius 1 is 0.833 bits per heavy atom. The molecule has 6 nitrogen and oxygen atoms in total. The number of thioether (sulfide) groups is 1. The van der Waals surface area contributed by atoms with E-state index in [1.54, 1.807) is 4.90 Å². The second-order valence-electron chi connectivity index (χ2n) is 8.94. The molecular weight excluding hydrogens is 468 g/mol. The maximum atomic E-state index is 13.4. The summed E-state index contributed by atoms with van der Waals surface area (Å²) in [5.74, 6) is -0.119. The van der Waals surface area contributed by atoms with Crippen molar-refractivity contribution >= 4 is 40.3 Å². The molecule has 3 aromatic rings. The maximum absolute atomic E-state index is 13.4. The summed E-state index contributed by atoms with van der Waals surface area (Å²) in [7, 11) is 0. The fraction of sp³-hybridized carbons (Fsp3) is 0.241. The van der Waals surface area contributed by atoms with Gasteiger partial charge in [0.05, 0.1) is 23.2 Å². The van der Waals surface area contributed by atoms with Crippen LogP contribution in [0.1, 0.15) is 5.56 Å². The van der Waals surface area contributed by atoms with Crippen LogP contribution in [0.15, 0.2) is 101 Å². The van der Waals surface area contributed by atoms with Crippen LogP contribution in [0.4, 0.5) is 11.4 Å². The summed E-state index contributed by atoms with van der Waals surface area (Å²) in [6.45, 7) is 4.31. The predicted molar refractivity (Wildman–Crippen MR) is 148 cm³/mol. The van der Waals surface area contributed by atoms with Crippen LogP contribution in [0.25, 0.3) is 6.08 Å². The van der Waals surface area contributed by atoms with Gasteiger partial charge in [-0.2, -0.15) is 0 Å². The normalized spacial score (nSPS) is 19.9. The zero-order chi connectivity index (χ0) is 24.7. The summed E-state index contributed by atoms with van der Waals surface area (Å²) in [6, 6.07) is 29.9. The highest BCUT2D eigenvalue weighted by Gasteiger charge is 2.35. The van der Waals surface area contributed by atoms with Gasteiger partial charge in [0.2, 0.25) is 0 Å². The van der Waals surface area contributed by atoms with E-state index < -0.39 is 6.10 Å². The van der Waals surface area contributed by atoms with Gasteiger partial charge >= 0.3 is 0 Å². The lowest BCUT2D eigenvalue weighted by atomic mass is 10.2. The number of nitrogens with zero attached hydrogens (tertiary/aromatic N) is 4. The summed E-state index contributed by atoms with van der Waals surface area (Å²) in [4.78, 5) is 25.0. The standard InChI is InChI=1S/C29H30N4O2S/c34-26(21-31-16-18-32(19-17-31)25-14-8-3-9-15-25)22-33-28(35)27(20-23-10-4-1-5-11-23)36-29(33)30-24-12-6-2-7-13-24/h1-15,20,26,34H,16-19,21-22H2/b27-20+,30-29?. The molecule has 7 heteroatoms. The van der Waals surface area contributed by atoms with Crippen LogP contribution in [0.2, 0.25) is 0 Å². The second-order valence-corrected chi connectivity index (χ2v) is 9.95. The third-order valence-electron chi connectivity index (χ3n) is 6.32. The van der Waals surface area contributed by atoms with Crippen LogP contribution in [0, 0.1) is 0 Å². The minimum Gasteiger partial charge on any atom is -0.390 e. The molecule has 0 radical (unpaired) electrons. The van der Waals surface area contributed by atoms with Gasteiger partial charge in [-0.1, -0.05) is 66.7 Å². The largest absolute Gasteiger partial charge is 0.390 e. The van der Waals surface area contributed by atoms with E-state index in [0.717, 1.165) is 37.4 Å². The molecule has 0 saturated carbocycles. The second kappa shape index (κ2) is 11.6. The van der Waals surface area contributed by atoms with Crippen LogP contribution in [-0.4, -0.2) is 71.4 Å². The van der Waals surface area contributed by atoms with E-state index in [1.165, 1.54) is 17.4 Å². The molecule has 3 aromatic carbocycles. The van der Waals surface area contributed by atoms with Crippen LogP contribution in [-0.2, 0) is 4.79 Å². The summed E-state index contributed by atoms with van der Waals surface area (Å²) < 4.78 is 0. The molecule has 2 fully saturated rings. The van der Waals surface area contributed by atoms with E-state index >= 15 is 0 Å². The number of amides is 1. The number of anilines is 1. The average Bonchev–Trinajstić information content (AvgIpc) is 3.19. The van der Waals surface area contributed by atoms with E-state index in [1.807, 2.05) is 72.8 Å². The number of carbonyl (C=O) groups is 1. The van der Waals surface area contributed by atoms with Gasteiger partial charge in [-0.15, -0.1) is 0 Å². The van der Waals surface area contributed by atoms with Crippen LogP contribution in [0.5, 0.6) is 0 Å². The average molecular weight is 499 g/mol. The minimum absolute atomic E-state index is 0.119. The van der Waals surface area contributed by atoms with Crippen molar-refractivity contribution in [3.05, 3.63) is 101 Å². The number of para-hydroxylation sites is 2. The Morgan fingerprint density at radius 2 is 1.44 bits per heavy atom. The lowest BCUT2D eigenvalue weighted by molar-refractivity contribution is -0.123. The quantitative estimate of drug-likeness (QED) is 0.487. The highest BCUT2D eigenvalue weighted by atomic mass is 32.2. The Bertz CT molecular complexity index is 1210. The van der Waals surface area contributed by atoms with Crippen molar-refractivity contribution < 1.29 is 9.90 Å². The monoisotopic (exact) mass is 498 g/mol. The first-order valence-corrected chi connectivity index (χ1v) is 13.1. The molecule has 1 amide bonds. The van der Waals surface area contributed by atoms with Gasteiger partial charge < -0.3 is 10.0 Å². The smallest absolute Gasteiger partial charge is 0.266 e. The molecule has 1 unspecified atom stereocenters. The van der Waals surface area contributed by atoms with Crippen molar-refractivity contribution in [3.8, 4) is 0 Å². The van der Waals surface area contributed by atoms with Crippen LogP contribution < -0.4 is 4.90 Å². The third-order valence-corrected chi connectivity index (χ3v) is 7.33. The van der Waals surface area contributed by atoms with Crippen molar-refractivity contribution in [1.29, 1.82) is 0 Å². The Kier molecular flexibility index (Phi) is 7.81. The van der Waals surface area contributed by atoms with Crippen molar-refractivity contribution in [2.75, 3.05) is 44.2 Å². The van der Waals surface area contributed by atoms with E-state index in [0.29, 0.717) is 16.6 Å². The molecule has 0 aliphatic carbocycles. The molecule has 0 aromatic heterocycles. The SMILES string of the molecule is O=C1/C(=C\c2ccccc2)SC(=Nc2ccccc2)N1CC(O)CN1CCN(c2ccccc2)CC1. The fourth-order valence-corrected chi connectivity index (χ4v) is 5.47. The molecule has 1 N–H and O–H groups in total. The Labute approximate surface area is 216 Å². The Balaban J connectivity index is 1.26. The number of aliphatic imine (C=N–C) groups is 1. The van der Waals surface area contributed by atoms with Gasteiger partial charge in [0.1, 0.15) is 0 Å². The van der Waals surface area contributed by atoms with Gasteiger partial charge in [0.15, 0.2) is 5.17 Å². The van der Waals surface area contributed by atoms with Gasteiger partial charge in [-0.3, -0.25) is 14.6 Å². The minimum atomic E-state index is -0.671. The van der Waals surface area contributed by atoms with E-state index in [4.69, 9.17) is 4.99 Å². The number of piperazine rings is 1. The van der Waals surface area contributed by atoms with Gasteiger partial charge in [0, 0.05) is 38.4 Å². The topological polar surface area (TPSA) is 59.4 Å². The summed E-state index contributed by atoms with van der Waals surface area (Å²) in [5, 5.41) is 11.6. The number of benzene rings is 3. The summed E-state index contributed by atoms with van der Waals surface area (Å²) in [6.07, 6.45) is 1.22. The number of amidine groups is 1. The van der Waals surface area contributed by atoms with Crippen molar-refractivity contribution in [1.82, 2.24) is 9.80 Å². The summed E-state index contributed by atoms with van der Waals surface area (Å²) in [5.41, 5.74) is 2.98. The zero-order valence-electron chi connectivity index (χ0n) is 20.1. The molecule has 1 atom stereocenters. The zero-order valence-corrected chi connectivity index (χ0v) is 20.9. The Hall–Kier alpha value is -3.39. The molecular formula is C29H30N4O2S. The van der Waals surface area contributed by atoms with Crippen molar-refractivity contribution in [3.63, 3.8) is 0 Å². The molecule has 184 valence electrons. The first-order valence-electron chi connectivity index (χ1n) is 12.3. The van der Waals surface area contributed by atoms with Gasteiger partial charge in [-0.05, 0) is 47.7 Å². The number of carbonyl (C=O) groups excluding carboxylic acids is 1. The van der Waals surface area contributed by atoms with Crippen LogP contribution in [0.3, 0.4) is 0 Å². The number of rotatable bonds is 7. The molecule has 2 saturated heterocycles. The molecule has 5 rings (SSSR count). The highest BCUT2D eigenvalue weighted by molar-refractivity contribution is 8.18. The van der Waals surface area contributed by atoms with E-state index in [2.05, 4.69) is 34.1 Å². The van der Waals surface area contributed by atoms with E-state index in [9.17, 15) is 9.90 Å². The molecule has 2 aliphatic rings. The molecule has 36 heavy (non-hydrogen) atoms. The van der Waals surface area contributed by atoms with Crippen molar-refractivity contribution in [2.45, 2.75) is 6.10 Å². The van der Waals surface area contributed by atoms with Gasteiger partial charge in [0.25, 0.3) is 5.91 Å². The van der Waals surface area contributed by atoms with E-state index in [-0.39, 0.29) is 12.5 Å². The number of β-amino-alcohol motifs (C(OH)–C–C–N with tert-alkyl or cyclic N) is 1. The van der Waals surface area contributed by atoms with Gasteiger partial charge in [-0.25, -0.2) is 4.99 Å². The first kappa shape index (κ1) is 24.3. The highest BCUT2D eigenvalue weighted by Crippen LogP contribution is 2.34. The maximum Gasteiger partial charge on any atom is 0.266 e. The fourth-order valence-electron chi connectivity index (χ4n) is 4.46. The molecule has 0 spiro atoms. The predicted octanol–water partition coefficient (Wildman–Crippen LogP) is 4.47. The number of aliphatic hydroxyl groups excluding tert-OH is 1. The van der Waals surface area contributed by atoms with Crippen molar-refractivity contribution in [2.24, 2.45) is 4.99 Å². The lowest BCUT2D eigenvalue weighted by Gasteiger charge is -2.37. The third kappa shape index (κ3) is 6.05. The molecule has 2 aliphatic heterocycles. The first-order chi connectivity index (χ1) is 17.7. The Morgan fingerprint density at radius 3 is 2.11 bits per heavy atom. The number of aliphatic hydroxyl groups is 1. The van der Waals surface area contributed by atoms with Crippen LogP contribution >= 0.6 is 11.8 Å². The number of hydrogen-bond donors (Lipinski definition) is 1. The molecule has 0 bridgehead atoms. The molecule has 2 heterocycles.